The first-order valence-corrected chi connectivity index (χ1v) is 8.88. The molecule has 1 atom stereocenters. The number of hydrogen-bond donors (Lipinski definition) is 1. The maximum Gasteiger partial charge on any atom is 0.119 e. The second-order valence-corrected chi connectivity index (χ2v) is 6.85. The van der Waals surface area contributed by atoms with E-state index in [0.717, 1.165) is 31.1 Å². The number of fused-ring (bicyclic) bond motifs is 1. The smallest absolute Gasteiger partial charge is 0.119 e. The molecule has 5 heteroatoms. The maximum atomic E-state index is 5.36. The van der Waals surface area contributed by atoms with Gasteiger partial charge in [-0.25, -0.2) is 9.97 Å². The Morgan fingerprint density at radius 3 is 3.04 bits per heavy atom. The minimum absolute atomic E-state index is 0.501. The quantitative estimate of drug-likeness (QED) is 0.790. The number of aromatic amines is 1. The highest BCUT2D eigenvalue weighted by Gasteiger charge is 2.23. The van der Waals surface area contributed by atoms with E-state index in [1.54, 1.807) is 13.4 Å². The molecule has 0 bridgehead atoms. The predicted molar refractivity (Wildman–Crippen MR) is 98.9 cm³/mol. The Labute approximate surface area is 148 Å². The van der Waals surface area contributed by atoms with Crippen LogP contribution in [-0.4, -0.2) is 40.1 Å². The van der Waals surface area contributed by atoms with Crippen LogP contribution in [0.2, 0.25) is 0 Å². The van der Waals surface area contributed by atoms with Crippen LogP contribution in [0.25, 0.3) is 10.9 Å². The molecule has 130 valence electrons. The van der Waals surface area contributed by atoms with Crippen molar-refractivity contribution in [3.05, 3.63) is 53.7 Å². The van der Waals surface area contributed by atoms with E-state index >= 15 is 0 Å². The lowest BCUT2D eigenvalue weighted by molar-refractivity contribution is 0.196. The van der Waals surface area contributed by atoms with Gasteiger partial charge in [0.1, 0.15) is 12.1 Å². The van der Waals surface area contributed by atoms with Crippen LogP contribution in [0.1, 0.15) is 35.7 Å². The summed E-state index contributed by atoms with van der Waals surface area (Å²) in [5.41, 5.74) is 4.96. The molecule has 1 saturated heterocycles. The lowest BCUT2D eigenvalue weighted by atomic mass is 9.94. The molecule has 1 fully saturated rings. The average molecular weight is 336 g/mol. The summed E-state index contributed by atoms with van der Waals surface area (Å²) in [5, 5.41) is 1.25. The minimum Gasteiger partial charge on any atom is -0.497 e. The van der Waals surface area contributed by atoms with Crippen molar-refractivity contribution in [1.29, 1.82) is 0 Å². The first-order chi connectivity index (χ1) is 12.2. The summed E-state index contributed by atoms with van der Waals surface area (Å²) in [6.45, 7) is 5.33. The van der Waals surface area contributed by atoms with E-state index in [1.165, 1.54) is 35.0 Å². The molecule has 2 aromatic heterocycles. The van der Waals surface area contributed by atoms with Gasteiger partial charge in [-0.15, -0.1) is 0 Å². The summed E-state index contributed by atoms with van der Waals surface area (Å²) in [7, 11) is 1.71. The van der Waals surface area contributed by atoms with Crippen molar-refractivity contribution in [2.75, 3.05) is 20.2 Å². The van der Waals surface area contributed by atoms with Crippen LogP contribution in [0, 0.1) is 6.92 Å². The summed E-state index contributed by atoms with van der Waals surface area (Å²) in [5.74, 6) is 1.41. The fraction of sp³-hybridized carbons (Fsp3) is 0.400. The van der Waals surface area contributed by atoms with E-state index in [-0.39, 0.29) is 0 Å². The van der Waals surface area contributed by atoms with E-state index in [0.29, 0.717) is 5.92 Å². The molecule has 1 aliphatic heterocycles. The highest BCUT2D eigenvalue weighted by Crippen LogP contribution is 2.29. The second kappa shape index (κ2) is 6.84. The van der Waals surface area contributed by atoms with Gasteiger partial charge in [0.2, 0.25) is 0 Å². The predicted octanol–water partition coefficient (Wildman–Crippen LogP) is 3.65. The van der Waals surface area contributed by atoms with Gasteiger partial charge >= 0.3 is 0 Å². The van der Waals surface area contributed by atoms with Crippen LogP contribution in [-0.2, 0) is 6.54 Å². The van der Waals surface area contributed by atoms with Crippen LogP contribution in [0.3, 0.4) is 0 Å². The minimum atomic E-state index is 0.501. The molecule has 4 rings (SSSR count). The molecule has 1 aromatic carbocycles. The van der Waals surface area contributed by atoms with Gasteiger partial charge in [-0.05, 0) is 56.1 Å². The van der Waals surface area contributed by atoms with Crippen molar-refractivity contribution in [3.63, 3.8) is 0 Å². The number of aromatic nitrogens is 3. The third-order valence-corrected chi connectivity index (χ3v) is 5.28. The number of benzene rings is 1. The third-order valence-electron chi connectivity index (χ3n) is 5.28. The van der Waals surface area contributed by atoms with Gasteiger partial charge in [-0.2, -0.15) is 0 Å². The molecule has 0 radical (unpaired) electrons. The number of piperidine rings is 1. The number of methoxy groups -OCH3 is 1. The highest BCUT2D eigenvalue weighted by molar-refractivity contribution is 5.85. The monoisotopic (exact) mass is 336 g/mol. The normalized spacial score (nSPS) is 18.6. The number of nitrogens with one attached hydrogen (secondary N) is 1. The van der Waals surface area contributed by atoms with E-state index < -0.39 is 0 Å². The first kappa shape index (κ1) is 16.1. The Bertz CT molecular complexity index is 859. The van der Waals surface area contributed by atoms with Crippen molar-refractivity contribution < 1.29 is 4.74 Å². The molecule has 0 spiro atoms. The summed E-state index contributed by atoms with van der Waals surface area (Å²) in [6, 6.07) is 8.28. The molecule has 3 aromatic rings. The summed E-state index contributed by atoms with van der Waals surface area (Å²) >= 11 is 0. The van der Waals surface area contributed by atoms with E-state index in [4.69, 9.17) is 4.74 Å². The van der Waals surface area contributed by atoms with Crippen molar-refractivity contribution >= 4 is 10.9 Å². The van der Waals surface area contributed by atoms with Gasteiger partial charge in [0.05, 0.1) is 7.11 Å². The number of rotatable bonds is 4. The lowest BCUT2D eigenvalue weighted by Gasteiger charge is -2.32. The molecule has 5 nitrogen and oxygen atoms in total. The van der Waals surface area contributed by atoms with E-state index in [9.17, 15) is 0 Å². The van der Waals surface area contributed by atoms with E-state index in [1.807, 2.05) is 12.3 Å². The molecular formula is C20H24N4O. The molecule has 25 heavy (non-hydrogen) atoms. The first-order valence-electron chi connectivity index (χ1n) is 8.88. The Morgan fingerprint density at radius 1 is 1.32 bits per heavy atom. The van der Waals surface area contributed by atoms with Crippen LogP contribution in [0.15, 0.2) is 36.8 Å². The highest BCUT2D eigenvalue weighted by atomic mass is 16.5. The molecule has 1 N–H and O–H groups in total. The lowest BCUT2D eigenvalue weighted by Crippen LogP contribution is -2.34. The zero-order valence-electron chi connectivity index (χ0n) is 14.8. The molecule has 0 unspecified atom stereocenters. The van der Waals surface area contributed by atoms with Crippen LogP contribution >= 0.6 is 0 Å². The number of aryl methyl sites for hydroxylation is 1. The third kappa shape index (κ3) is 3.24. The van der Waals surface area contributed by atoms with Crippen molar-refractivity contribution in [1.82, 2.24) is 19.9 Å². The summed E-state index contributed by atoms with van der Waals surface area (Å²) in [4.78, 5) is 14.6. The fourth-order valence-corrected chi connectivity index (χ4v) is 3.85. The Balaban J connectivity index is 1.53. The number of ether oxygens (including phenoxy) is 1. The SMILES string of the molecule is COc1ccc2[nH]c(CN3CCC[C@H](c4ccncn4)C3)c(C)c2c1. The zero-order valence-corrected chi connectivity index (χ0v) is 14.8. The van der Waals surface area contributed by atoms with Crippen LogP contribution in [0.5, 0.6) is 5.75 Å². The zero-order chi connectivity index (χ0) is 17.2. The largest absolute Gasteiger partial charge is 0.497 e. The molecule has 0 aliphatic carbocycles. The number of hydrogen-bond acceptors (Lipinski definition) is 4. The van der Waals surface area contributed by atoms with Gasteiger partial charge < -0.3 is 9.72 Å². The Kier molecular flexibility index (Phi) is 4.40. The Morgan fingerprint density at radius 2 is 2.24 bits per heavy atom. The average Bonchev–Trinajstić information content (AvgIpc) is 2.98. The molecule has 1 aliphatic rings. The Hall–Kier alpha value is -2.40. The number of nitrogens with zero attached hydrogens (tertiary/aromatic N) is 3. The van der Waals surface area contributed by atoms with Crippen molar-refractivity contribution in [2.45, 2.75) is 32.2 Å². The van der Waals surface area contributed by atoms with Crippen LogP contribution in [0.4, 0.5) is 0 Å². The van der Waals surface area contributed by atoms with Crippen LogP contribution < -0.4 is 4.74 Å². The molecule has 0 saturated carbocycles. The van der Waals surface area contributed by atoms with Gasteiger partial charge in [-0.1, -0.05) is 0 Å². The van der Waals surface area contributed by atoms with Crippen molar-refractivity contribution in [2.24, 2.45) is 0 Å². The topological polar surface area (TPSA) is 54.0 Å². The summed E-state index contributed by atoms with van der Waals surface area (Å²) in [6.07, 6.45) is 5.91. The molecule has 0 amide bonds. The standard InChI is InChI=1S/C20H24N4O/c1-14-17-10-16(25-2)5-6-19(17)23-20(14)12-24-9-3-4-15(11-24)18-7-8-21-13-22-18/h5-8,10,13,15,23H,3-4,9,11-12H2,1-2H3/t15-/m0/s1. The van der Waals surface area contributed by atoms with Crippen molar-refractivity contribution in [3.8, 4) is 5.75 Å². The van der Waals surface area contributed by atoms with Gasteiger partial charge in [0.15, 0.2) is 0 Å². The fourth-order valence-electron chi connectivity index (χ4n) is 3.85. The van der Waals surface area contributed by atoms with Gasteiger partial charge in [0.25, 0.3) is 0 Å². The summed E-state index contributed by atoms with van der Waals surface area (Å²) < 4.78 is 5.36. The molecule has 3 heterocycles. The second-order valence-electron chi connectivity index (χ2n) is 6.85. The van der Waals surface area contributed by atoms with Gasteiger partial charge in [0, 0.05) is 47.5 Å². The van der Waals surface area contributed by atoms with Gasteiger partial charge in [-0.3, -0.25) is 4.90 Å². The maximum absolute atomic E-state index is 5.36. The molecular weight excluding hydrogens is 312 g/mol. The van der Waals surface area contributed by atoms with E-state index in [2.05, 4.69) is 45.0 Å². The number of H-pyrrole nitrogens is 1. The number of likely N-dealkylation sites (tertiary alicyclic amines) is 1.